The summed E-state index contributed by atoms with van der Waals surface area (Å²) in [7, 11) is 0. The van der Waals surface area contributed by atoms with Gasteiger partial charge in [-0.15, -0.1) is 0 Å². The van der Waals surface area contributed by atoms with Gasteiger partial charge < -0.3 is 10.6 Å². The van der Waals surface area contributed by atoms with Gasteiger partial charge in [-0.3, -0.25) is 0 Å². The minimum Gasteiger partial charge on any atom is -0.354 e. The van der Waals surface area contributed by atoms with E-state index in [1.165, 1.54) is 0 Å². The van der Waals surface area contributed by atoms with E-state index in [0.717, 1.165) is 5.56 Å². The summed E-state index contributed by atoms with van der Waals surface area (Å²) < 4.78 is 0. The van der Waals surface area contributed by atoms with Crippen molar-refractivity contribution < 1.29 is 0 Å². The molecule has 0 bridgehead atoms. The standard InChI is InChI=1S/C13H15Cl2N5/c1-3-16-12-18-11(15)19-13(20-12)17-8(2)9-4-6-10(14)7-5-9/h4-8H,3H2,1-2H3,(H2,16,17,18,19,20). The minimum absolute atomic E-state index is 0.0280. The Hall–Kier alpha value is -1.59. The topological polar surface area (TPSA) is 62.7 Å². The highest BCUT2D eigenvalue weighted by molar-refractivity contribution is 6.30. The zero-order valence-corrected chi connectivity index (χ0v) is 12.7. The molecule has 1 unspecified atom stereocenters. The van der Waals surface area contributed by atoms with Gasteiger partial charge >= 0.3 is 0 Å². The summed E-state index contributed by atoms with van der Waals surface area (Å²) in [4.78, 5) is 12.3. The number of benzene rings is 1. The Balaban J connectivity index is 2.14. The minimum atomic E-state index is 0.0280. The molecule has 0 aliphatic rings. The lowest BCUT2D eigenvalue weighted by Gasteiger charge is -2.14. The average molecular weight is 312 g/mol. The third-order valence-electron chi connectivity index (χ3n) is 2.66. The van der Waals surface area contributed by atoms with Crippen molar-refractivity contribution in [2.75, 3.05) is 17.2 Å². The Morgan fingerprint density at radius 2 is 1.70 bits per heavy atom. The molecule has 1 aromatic carbocycles. The van der Waals surface area contributed by atoms with Crippen molar-refractivity contribution in [2.45, 2.75) is 19.9 Å². The molecule has 2 N–H and O–H groups in total. The fourth-order valence-electron chi connectivity index (χ4n) is 1.68. The maximum absolute atomic E-state index is 5.88. The summed E-state index contributed by atoms with van der Waals surface area (Å²) in [6.45, 7) is 4.68. The molecular formula is C13H15Cl2N5. The largest absolute Gasteiger partial charge is 0.354 e. The molecule has 20 heavy (non-hydrogen) atoms. The van der Waals surface area contributed by atoms with E-state index in [9.17, 15) is 0 Å². The zero-order valence-electron chi connectivity index (χ0n) is 11.2. The molecule has 0 saturated carbocycles. The molecule has 2 aromatic rings. The Morgan fingerprint density at radius 3 is 2.35 bits per heavy atom. The SMILES string of the molecule is CCNc1nc(Cl)nc(NC(C)c2ccc(Cl)cc2)n1. The van der Waals surface area contributed by atoms with E-state index in [2.05, 4.69) is 25.6 Å². The van der Waals surface area contributed by atoms with E-state index in [4.69, 9.17) is 23.2 Å². The molecule has 0 saturated heterocycles. The molecule has 0 fully saturated rings. The second-order valence-electron chi connectivity index (χ2n) is 4.20. The normalized spacial score (nSPS) is 12.0. The molecule has 2 rings (SSSR count). The number of aromatic nitrogens is 3. The molecule has 7 heteroatoms. The van der Waals surface area contributed by atoms with Gasteiger partial charge in [-0.05, 0) is 43.1 Å². The zero-order chi connectivity index (χ0) is 14.5. The third-order valence-corrected chi connectivity index (χ3v) is 3.08. The number of hydrogen-bond donors (Lipinski definition) is 2. The van der Waals surface area contributed by atoms with Gasteiger partial charge in [-0.25, -0.2) is 0 Å². The van der Waals surface area contributed by atoms with Crippen LogP contribution in [0.5, 0.6) is 0 Å². The van der Waals surface area contributed by atoms with Crippen molar-refractivity contribution in [1.29, 1.82) is 0 Å². The van der Waals surface area contributed by atoms with Crippen LogP contribution in [0.3, 0.4) is 0 Å². The first-order valence-corrected chi connectivity index (χ1v) is 7.01. The smallest absolute Gasteiger partial charge is 0.229 e. The highest BCUT2D eigenvalue weighted by Gasteiger charge is 2.09. The summed E-state index contributed by atoms with van der Waals surface area (Å²) in [5, 5.41) is 7.05. The Morgan fingerprint density at radius 1 is 1.05 bits per heavy atom. The van der Waals surface area contributed by atoms with Gasteiger partial charge in [0.25, 0.3) is 0 Å². The van der Waals surface area contributed by atoms with Gasteiger partial charge in [0.2, 0.25) is 17.2 Å². The Labute approximate surface area is 127 Å². The van der Waals surface area contributed by atoms with Crippen molar-refractivity contribution in [3.8, 4) is 0 Å². The molecule has 1 atom stereocenters. The fraction of sp³-hybridized carbons (Fsp3) is 0.308. The maximum atomic E-state index is 5.88. The van der Waals surface area contributed by atoms with Crippen LogP contribution in [0.25, 0.3) is 0 Å². The van der Waals surface area contributed by atoms with Crippen molar-refractivity contribution >= 4 is 35.1 Å². The van der Waals surface area contributed by atoms with Crippen LogP contribution >= 0.6 is 23.2 Å². The molecule has 0 radical (unpaired) electrons. The van der Waals surface area contributed by atoms with E-state index in [0.29, 0.717) is 23.5 Å². The van der Waals surface area contributed by atoms with Crippen LogP contribution in [0.2, 0.25) is 10.3 Å². The second-order valence-corrected chi connectivity index (χ2v) is 4.97. The number of rotatable bonds is 5. The average Bonchev–Trinajstić information content (AvgIpc) is 2.39. The number of nitrogens with zero attached hydrogens (tertiary/aromatic N) is 3. The van der Waals surface area contributed by atoms with E-state index < -0.39 is 0 Å². The summed E-state index contributed by atoms with van der Waals surface area (Å²) in [5.41, 5.74) is 1.08. The van der Waals surface area contributed by atoms with Crippen LogP contribution in [0.15, 0.2) is 24.3 Å². The Bertz CT molecular complexity index is 573. The fourth-order valence-corrected chi connectivity index (χ4v) is 1.97. The number of nitrogens with one attached hydrogen (secondary N) is 2. The first-order chi connectivity index (χ1) is 9.58. The Kier molecular flexibility index (Phi) is 4.98. The number of anilines is 2. The van der Waals surface area contributed by atoms with Crippen LogP contribution in [0.4, 0.5) is 11.9 Å². The third kappa shape index (κ3) is 3.95. The predicted octanol–water partition coefficient (Wildman–Crippen LogP) is 3.78. The highest BCUT2D eigenvalue weighted by Crippen LogP contribution is 2.20. The molecule has 1 heterocycles. The van der Waals surface area contributed by atoms with Gasteiger partial charge in [0.05, 0.1) is 6.04 Å². The molecule has 0 aliphatic heterocycles. The lowest BCUT2D eigenvalue weighted by atomic mass is 10.1. The van der Waals surface area contributed by atoms with Crippen molar-refractivity contribution in [3.63, 3.8) is 0 Å². The highest BCUT2D eigenvalue weighted by atomic mass is 35.5. The lowest BCUT2D eigenvalue weighted by molar-refractivity contribution is 0.853. The summed E-state index contributed by atoms with van der Waals surface area (Å²) in [5.74, 6) is 0.890. The molecule has 106 valence electrons. The van der Waals surface area contributed by atoms with Gasteiger partial charge in [0.15, 0.2) is 0 Å². The van der Waals surface area contributed by atoms with Gasteiger partial charge in [0.1, 0.15) is 0 Å². The number of halogens is 2. The van der Waals surface area contributed by atoms with Gasteiger partial charge in [0, 0.05) is 11.6 Å². The van der Waals surface area contributed by atoms with Crippen molar-refractivity contribution in [1.82, 2.24) is 15.0 Å². The van der Waals surface area contributed by atoms with Crippen molar-refractivity contribution in [2.24, 2.45) is 0 Å². The number of hydrogen-bond acceptors (Lipinski definition) is 5. The van der Waals surface area contributed by atoms with Crippen LogP contribution in [0.1, 0.15) is 25.5 Å². The van der Waals surface area contributed by atoms with Crippen LogP contribution in [-0.4, -0.2) is 21.5 Å². The first-order valence-electron chi connectivity index (χ1n) is 6.26. The predicted molar refractivity (Wildman–Crippen MR) is 82.5 cm³/mol. The van der Waals surface area contributed by atoms with E-state index in [-0.39, 0.29) is 11.3 Å². The summed E-state index contributed by atoms with van der Waals surface area (Å²) in [6, 6.07) is 7.63. The van der Waals surface area contributed by atoms with Gasteiger partial charge in [-0.1, -0.05) is 23.7 Å². The molecule has 0 amide bonds. The quantitative estimate of drug-likeness (QED) is 0.879. The van der Waals surface area contributed by atoms with E-state index >= 15 is 0 Å². The molecule has 1 aromatic heterocycles. The second kappa shape index (κ2) is 6.72. The molecule has 5 nitrogen and oxygen atoms in total. The molecule has 0 spiro atoms. The summed E-state index contributed by atoms with van der Waals surface area (Å²) in [6.07, 6.45) is 0. The van der Waals surface area contributed by atoms with Crippen LogP contribution in [-0.2, 0) is 0 Å². The molecular weight excluding hydrogens is 297 g/mol. The lowest BCUT2D eigenvalue weighted by Crippen LogP contribution is -2.12. The maximum Gasteiger partial charge on any atom is 0.229 e. The van der Waals surface area contributed by atoms with Crippen molar-refractivity contribution in [3.05, 3.63) is 40.1 Å². The van der Waals surface area contributed by atoms with Gasteiger partial charge in [-0.2, -0.15) is 15.0 Å². The van der Waals surface area contributed by atoms with Crippen LogP contribution < -0.4 is 10.6 Å². The summed E-state index contributed by atoms with van der Waals surface area (Å²) >= 11 is 11.8. The van der Waals surface area contributed by atoms with E-state index in [1.807, 2.05) is 38.1 Å². The molecule has 0 aliphatic carbocycles. The monoisotopic (exact) mass is 311 g/mol. The van der Waals surface area contributed by atoms with Crippen LogP contribution in [0, 0.1) is 0 Å². The first kappa shape index (κ1) is 14.8. The van der Waals surface area contributed by atoms with E-state index in [1.54, 1.807) is 0 Å².